The Morgan fingerprint density at radius 2 is 1.69 bits per heavy atom. The van der Waals surface area contributed by atoms with Crippen LogP contribution in [0.5, 0.6) is 5.75 Å². The molecule has 0 aromatic heterocycles. The molecule has 0 saturated carbocycles. The molecule has 170 valence electrons. The minimum atomic E-state index is -0.630. The van der Waals surface area contributed by atoms with E-state index in [4.69, 9.17) is 9.84 Å². The predicted molar refractivity (Wildman–Crippen MR) is 122 cm³/mol. The quantitative estimate of drug-likeness (QED) is 0.190. The van der Waals surface area contributed by atoms with Crippen molar-refractivity contribution < 1.29 is 29.1 Å². The van der Waals surface area contributed by atoms with E-state index in [1.807, 2.05) is 24.3 Å². The fraction of sp³-hybridized carbons (Fsp3) is 0.304. The van der Waals surface area contributed by atoms with Crippen molar-refractivity contribution in [3.05, 3.63) is 48.0 Å². The summed E-state index contributed by atoms with van der Waals surface area (Å²) in [6.07, 6.45) is 0.569. The summed E-state index contributed by atoms with van der Waals surface area (Å²) in [6.45, 7) is 4.56. The van der Waals surface area contributed by atoms with E-state index in [0.29, 0.717) is 24.5 Å². The molecule has 2 aromatic carbocycles. The largest absolute Gasteiger partial charge is 0.494 e. The minimum absolute atomic E-state index is 0.00408. The maximum absolute atomic E-state index is 12.8. The molecule has 0 bridgehead atoms. The number of nitrogens with zero attached hydrogens (tertiary/aromatic N) is 2. The van der Waals surface area contributed by atoms with Crippen LogP contribution in [0.2, 0.25) is 0 Å². The molecule has 32 heavy (non-hydrogen) atoms. The second kappa shape index (κ2) is 12.0. The standard InChI is InChI=1S/C23H26N2O6S/c1-15(24-31-17(3)28)23(29)21-11-10-20(14-22(21)25(4)16(2)27)32-19-8-6-18(7-9-19)30-13-5-12-26/h6-11,14,26H,5,12-13H2,1-4H3/b24-15+. The summed E-state index contributed by atoms with van der Waals surface area (Å²) < 4.78 is 5.53. The number of aliphatic hydroxyl groups is 1. The summed E-state index contributed by atoms with van der Waals surface area (Å²) in [4.78, 5) is 43.5. The van der Waals surface area contributed by atoms with Gasteiger partial charge in [-0.2, -0.15) is 0 Å². The van der Waals surface area contributed by atoms with E-state index in [2.05, 4.69) is 9.99 Å². The van der Waals surface area contributed by atoms with Crippen LogP contribution in [-0.4, -0.2) is 48.7 Å². The second-order valence-electron chi connectivity index (χ2n) is 6.84. The molecule has 0 aliphatic heterocycles. The van der Waals surface area contributed by atoms with E-state index in [9.17, 15) is 14.4 Å². The first-order chi connectivity index (χ1) is 15.2. The molecule has 0 radical (unpaired) electrons. The number of aliphatic hydroxyl groups excluding tert-OH is 1. The van der Waals surface area contributed by atoms with E-state index in [1.165, 1.54) is 37.4 Å². The van der Waals surface area contributed by atoms with Gasteiger partial charge in [-0.15, -0.1) is 0 Å². The predicted octanol–water partition coefficient (Wildman–Crippen LogP) is 3.70. The summed E-state index contributed by atoms with van der Waals surface area (Å²) in [7, 11) is 1.58. The van der Waals surface area contributed by atoms with Crippen molar-refractivity contribution in [1.29, 1.82) is 0 Å². The molecule has 0 saturated heterocycles. The Balaban J connectivity index is 2.27. The molecule has 0 atom stereocenters. The molecule has 0 spiro atoms. The van der Waals surface area contributed by atoms with E-state index in [1.54, 1.807) is 25.2 Å². The van der Waals surface area contributed by atoms with Crippen molar-refractivity contribution >= 4 is 40.8 Å². The fourth-order valence-electron chi connectivity index (χ4n) is 2.58. The van der Waals surface area contributed by atoms with Gasteiger partial charge in [0.2, 0.25) is 11.7 Å². The lowest BCUT2D eigenvalue weighted by Gasteiger charge is -2.19. The first-order valence-corrected chi connectivity index (χ1v) is 10.7. The Morgan fingerprint density at radius 1 is 1.03 bits per heavy atom. The topological polar surface area (TPSA) is 106 Å². The molecule has 2 aromatic rings. The van der Waals surface area contributed by atoms with Gasteiger partial charge in [-0.1, -0.05) is 16.9 Å². The number of ether oxygens (including phenoxy) is 1. The van der Waals surface area contributed by atoms with Crippen LogP contribution in [0.15, 0.2) is 57.4 Å². The molecule has 2 rings (SSSR count). The zero-order valence-corrected chi connectivity index (χ0v) is 19.3. The third-order valence-electron chi connectivity index (χ3n) is 4.32. The van der Waals surface area contributed by atoms with Crippen molar-refractivity contribution in [2.75, 3.05) is 25.2 Å². The number of hydrogen-bond acceptors (Lipinski definition) is 8. The third-order valence-corrected chi connectivity index (χ3v) is 5.32. The number of anilines is 1. The van der Waals surface area contributed by atoms with Gasteiger partial charge in [0.1, 0.15) is 11.5 Å². The molecule has 0 aliphatic rings. The zero-order chi connectivity index (χ0) is 23.7. The number of ketones is 1. The molecule has 9 heteroatoms. The molecule has 0 aliphatic carbocycles. The van der Waals surface area contributed by atoms with Gasteiger partial charge in [0.05, 0.1) is 12.3 Å². The Bertz CT molecular complexity index is 1000. The lowest BCUT2D eigenvalue weighted by molar-refractivity contribution is -0.140. The van der Waals surface area contributed by atoms with Gasteiger partial charge >= 0.3 is 5.97 Å². The second-order valence-corrected chi connectivity index (χ2v) is 7.99. The fourth-order valence-corrected chi connectivity index (χ4v) is 3.43. The monoisotopic (exact) mass is 458 g/mol. The van der Waals surface area contributed by atoms with Gasteiger partial charge in [-0.25, -0.2) is 4.79 Å². The van der Waals surface area contributed by atoms with Crippen LogP contribution in [0.25, 0.3) is 0 Å². The maximum atomic E-state index is 12.8. The number of rotatable bonds is 10. The number of benzene rings is 2. The Morgan fingerprint density at radius 3 is 2.28 bits per heavy atom. The maximum Gasteiger partial charge on any atom is 0.331 e. The van der Waals surface area contributed by atoms with E-state index in [0.717, 1.165) is 9.79 Å². The molecule has 0 unspecified atom stereocenters. The number of Topliss-reactive ketones (excluding diaryl/α,β-unsaturated/α-hetero) is 1. The molecule has 8 nitrogen and oxygen atoms in total. The highest BCUT2D eigenvalue weighted by Crippen LogP contribution is 2.33. The van der Waals surface area contributed by atoms with E-state index < -0.39 is 11.8 Å². The number of oxime groups is 1. The average Bonchev–Trinajstić information content (AvgIpc) is 2.77. The van der Waals surface area contributed by atoms with Crippen molar-refractivity contribution in [2.24, 2.45) is 5.16 Å². The minimum Gasteiger partial charge on any atom is -0.494 e. The van der Waals surface area contributed by atoms with E-state index >= 15 is 0 Å². The van der Waals surface area contributed by atoms with Crippen LogP contribution < -0.4 is 9.64 Å². The number of amides is 1. The molecular weight excluding hydrogens is 432 g/mol. The normalized spacial score (nSPS) is 11.1. The Kier molecular flexibility index (Phi) is 9.42. The van der Waals surface area contributed by atoms with Gasteiger partial charge in [-0.05, 0) is 49.4 Å². The van der Waals surface area contributed by atoms with Crippen LogP contribution in [-0.2, 0) is 14.4 Å². The lowest BCUT2D eigenvalue weighted by atomic mass is 10.0. The van der Waals surface area contributed by atoms with Gasteiger partial charge < -0.3 is 19.6 Å². The molecule has 1 N–H and O–H groups in total. The highest BCUT2D eigenvalue weighted by Gasteiger charge is 2.20. The SMILES string of the molecule is CC(=O)O/N=C(\C)C(=O)c1ccc(Sc2ccc(OCCCO)cc2)cc1N(C)C(C)=O. The average molecular weight is 459 g/mol. The zero-order valence-electron chi connectivity index (χ0n) is 18.5. The third kappa shape index (κ3) is 7.21. The van der Waals surface area contributed by atoms with Crippen LogP contribution in [0.3, 0.4) is 0 Å². The number of carbonyl (C=O) groups excluding carboxylic acids is 3. The van der Waals surface area contributed by atoms with Crippen molar-refractivity contribution in [3.63, 3.8) is 0 Å². The summed E-state index contributed by atoms with van der Waals surface area (Å²) in [6, 6.07) is 12.7. The summed E-state index contributed by atoms with van der Waals surface area (Å²) in [5.41, 5.74) is 0.692. The van der Waals surface area contributed by atoms with Crippen molar-refractivity contribution in [2.45, 2.75) is 37.0 Å². The van der Waals surface area contributed by atoms with Crippen molar-refractivity contribution in [3.8, 4) is 5.75 Å². The van der Waals surface area contributed by atoms with Crippen LogP contribution in [0.1, 0.15) is 37.6 Å². The summed E-state index contributed by atoms with van der Waals surface area (Å²) in [5.74, 6) is -0.603. The molecular formula is C23H26N2O6S. The van der Waals surface area contributed by atoms with Crippen molar-refractivity contribution in [1.82, 2.24) is 0 Å². The molecule has 0 fully saturated rings. The van der Waals surface area contributed by atoms with Gasteiger partial charge in [0.25, 0.3) is 0 Å². The molecule has 0 heterocycles. The van der Waals surface area contributed by atoms with Crippen LogP contribution in [0.4, 0.5) is 5.69 Å². The number of hydrogen-bond donors (Lipinski definition) is 1. The first-order valence-electron chi connectivity index (χ1n) is 9.89. The van der Waals surface area contributed by atoms with Crippen LogP contribution >= 0.6 is 11.8 Å². The van der Waals surface area contributed by atoms with Gasteiger partial charge in [0.15, 0.2) is 0 Å². The highest BCUT2D eigenvalue weighted by atomic mass is 32.2. The Hall–Kier alpha value is -3.17. The van der Waals surface area contributed by atoms with Crippen LogP contribution in [0, 0.1) is 0 Å². The summed E-state index contributed by atoms with van der Waals surface area (Å²) in [5, 5.41) is 12.4. The Labute approximate surface area is 191 Å². The highest BCUT2D eigenvalue weighted by molar-refractivity contribution is 7.99. The first kappa shape index (κ1) is 25.1. The molecule has 1 amide bonds. The van der Waals surface area contributed by atoms with Gasteiger partial charge in [0, 0.05) is 49.3 Å². The number of carbonyl (C=O) groups is 3. The summed E-state index contributed by atoms with van der Waals surface area (Å²) >= 11 is 1.47. The van der Waals surface area contributed by atoms with Gasteiger partial charge in [-0.3, -0.25) is 9.59 Å². The smallest absolute Gasteiger partial charge is 0.331 e. The van der Waals surface area contributed by atoms with E-state index in [-0.39, 0.29) is 23.8 Å². The lowest BCUT2D eigenvalue weighted by Crippen LogP contribution is -2.26.